The molecule has 1 aromatic heterocycles. The number of aromatic nitrogens is 2. The van der Waals surface area contributed by atoms with Gasteiger partial charge in [0, 0.05) is 48.7 Å². The van der Waals surface area contributed by atoms with Crippen molar-refractivity contribution in [1.29, 1.82) is 0 Å². The standard InChI is InChI=1S/C29H29N5O6/c1-19-25(28(35)39-3)27(23-5-4-6-24(15-23)34(37)38)26(20(2)32-19)29(36)40-14-12-30-16-21-7-9-22(10-8-21)17-33-13-11-31-18-33/h4-11,13,15-16,18,27,32H,12,14,17H2,1-3H3/b30-16+. The zero-order chi connectivity index (χ0) is 28.6. The lowest BCUT2D eigenvalue weighted by molar-refractivity contribution is -0.384. The Kier molecular flexibility index (Phi) is 8.85. The highest BCUT2D eigenvalue weighted by Crippen LogP contribution is 2.40. The maximum Gasteiger partial charge on any atom is 0.336 e. The summed E-state index contributed by atoms with van der Waals surface area (Å²) in [6.45, 7) is 4.32. The van der Waals surface area contributed by atoms with E-state index in [2.05, 4.69) is 15.3 Å². The van der Waals surface area contributed by atoms with Crippen LogP contribution in [-0.4, -0.2) is 52.9 Å². The molecule has 0 spiro atoms. The van der Waals surface area contributed by atoms with Crippen molar-refractivity contribution in [3.63, 3.8) is 0 Å². The molecule has 4 rings (SSSR count). The number of non-ortho nitro benzene ring substituents is 1. The van der Waals surface area contributed by atoms with Crippen LogP contribution in [0.15, 0.2) is 94.8 Å². The van der Waals surface area contributed by atoms with Gasteiger partial charge in [0.1, 0.15) is 6.61 Å². The fourth-order valence-electron chi connectivity index (χ4n) is 4.54. The Morgan fingerprint density at radius 1 is 1.12 bits per heavy atom. The first-order valence-corrected chi connectivity index (χ1v) is 12.5. The van der Waals surface area contributed by atoms with Crippen LogP contribution in [-0.2, 0) is 25.6 Å². The third-order valence-electron chi connectivity index (χ3n) is 6.40. The van der Waals surface area contributed by atoms with Crippen molar-refractivity contribution < 1.29 is 24.0 Å². The van der Waals surface area contributed by atoms with Crippen molar-refractivity contribution in [2.45, 2.75) is 26.3 Å². The second-order valence-corrected chi connectivity index (χ2v) is 9.13. The highest BCUT2D eigenvalue weighted by Gasteiger charge is 2.38. The number of hydrogen-bond donors (Lipinski definition) is 1. The van der Waals surface area contributed by atoms with Crippen molar-refractivity contribution in [3.8, 4) is 0 Å². The molecule has 1 atom stereocenters. The van der Waals surface area contributed by atoms with Crippen LogP contribution in [0.25, 0.3) is 0 Å². The Bertz CT molecular complexity index is 1490. The largest absolute Gasteiger partial charge is 0.466 e. The number of imidazole rings is 1. The maximum atomic E-state index is 13.3. The molecule has 3 aromatic rings. The first kappa shape index (κ1) is 28.0. The third kappa shape index (κ3) is 6.49. The molecule has 206 valence electrons. The van der Waals surface area contributed by atoms with E-state index in [0.717, 1.165) is 17.7 Å². The highest BCUT2D eigenvalue weighted by atomic mass is 16.6. The number of hydrogen-bond acceptors (Lipinski definition) is 9. The molecule has 0 saturated carbocycles. The number of benzene rings is 2. The molecule has 1 aliphatic rings. The van der Waals surface area contributed by atoms with Crippen LogP contribution >= 0.6 is 0 Å². The van der Waals surface area contributed by atoms with Gasteiger partial charge in [0.05, 0.1) is 42.0 Å². The van der Waals surface area contributed by atoms with Gasteiger partial charge in [0.2, 0.25) is 0 Å². The lowest BCUT2D eigenvalue weighted by Gasteiger charge is -2.30. The van der Waals surface area contributed by atoms with E-state index in [1.54, 1.807) is 38.7 Å². The summed E-state index contributed by atoms with van der Waals surface area (Å²) in [4.78, 5) is 45.3. The van der Waals surface area contributed by atoms with Crippen LogP contribution in [0.4, 0.5) is 5.69 Å². The summed E-state index contributed by atoms with van der Waals surface area (Å²) in [5, 5.41) is 14.4. The second kappa shape index (κ2) is 12.7. The number of aliphatic imine (C=N–C) groups is 1. The van der Waals surface area contributed by atoms with Crippen LogP contribution in [0.2, 0.25) is 0 Å². The van der Waals surface area contributed by atoms with Gasteiger partial charge in [0.15, 0.2) is 0 Å². The molecule has 40 heavy (non-hydrogen) atoms. The SMILES string of the molecule is COC(=O)C1=C(C)NC(C)=C(C(=O)OCC/N=C/c2ccc(Cn3ccnc3)cc2)C1c1cccc([N+](=O)[O-])c1. The molecule has 1 unspecified atom stereocenters. The van der Waals surface area contributed by atoms with E-state index in [4.69, 9.17) is 9.47 Å². The summed E-state index contributed by atoms with van der Waals surface area (Å²) in [6, 6.07) is 13.8. The van der Waals surface area contributed by atoms with Crippen molar-refractivity contribution in [1.82, 2.24) is 14.9 Å². The predicted molar refractivity (Wildman–Crippen MR) is 148 cm³/mol. The number of dihydropyridines is 1. The highest BCUT2D eigenvalue weighted by molar-refractivity contribution is 5.99. The lowest BCUT2D eigenvalue weighted by atomic mass is 9.80. The maximum absolute atomic E-state index is 13.3. The number of nitro benzene ring substituents is 1. The fraction of sp³-hybridized carbons (Fsp3) is 0.241. The molecular formula is C29H29N5O6. The Labute approximate surface area is 231 Å². The molecule has 2 heterocycles. The number of carbonyl (C=O) groups excluding carboxylic acids is 2. The van der Waals surface area contributed by atoms with Gasteiger partial charge in [-0.25, -0.2) is 14.6 Å². The normalized spacial score (nSPS) is 15.2. The average Bonchev–Trinajstić information content (AvgIpc) is 3.46. The summed E-state index contributed by atoms with van der Waals surface area (Å²) >= 11 is 0. The number of esters is 2. The van der Waals surface area contributed by atoms with E-state index in [0.29, 0.717) is 17.0 Å². The van der Waals surface area contributed by atoms with Gasteiger partial charge in [-0.1, -0.05) is 36.4 Å². The van der Waals surface area contributed by atoms with Crippen LogP contribution in [0, 0.1) is 10.1 Å². The van der Waals surface area contributed by atoms with Crippen LogP contribution in [0.1, 0.15) is 36.5 Å². The lowest BCUT2D eigenvalue weighted by Crippen LogP contribution is -2.32. The Hall–Kier alpha value is -5.06. The fourth-order valence-corrected chi connectivity index (χ4v) is 4.54. The van der Waals surface area contributed by atoms with Crippen molar-refractivity contribution in [3.05, 3.63) is 117 Å². The quantitative estimate of drug-likeness (QED) is 0.134. The second-order valence-electron chi connectivity index (χ2n) is 9.13. The number of methoxy groups -OCH3 is 1. The molecule has 0 fully saturated rings. The number of nitro groups is 1. The molecule has 0 aliphatic carbocycles. The van der Waals surface area contributed by atoms with Gasteiger partial charge < -0.3 is 19.4 Å². The smallest absolute Gasteiger partial charge is 0.336 e. The van der Waals surface area contributed by atoms with Crippen molar-refractivity contribution in [2.24, 2.45) is 4.99 Å². The van der Waals surface area contributed by atoms with Crippen molar-refractivity contribution >= 4 is 23.8 Å². The van der Waals surface area contributed by atoms with E-state index in [-0.39, 0.29) is 30.0 Å². The molecule has 0 radical (unpaired) electrons. The zero-order valence-corrected chi connectivity index (χ0v) is 22.4. The Balaban J connectivity index is 1.45. The van der Waals surface area contributed by atoms with Crippen LogP contribution in [0.5, 0.6) is 0 Å². The van der Waals surface area contributed by atoms with Crippen molar-refractivity contribution in [2.75, 3.05) is 20.3 Å². The number of nitrogens with zero attached hydrogens (tertiary/aromatic N) is 4. The predicted octanol–water partition coefficient (Wildman–Crippen LogP) is 3.91. The summed E-state index contributed by atoms with van der Waals surface area (Å²) < 4.78 is 12.5. The number of allylic oxidation sites excluding steroid dienone is 2. The van der Waals surface area contributed by atoms with Gasteiger partial charge in [-0.15, -0.1) is 0 Å². The minimum Gasteiger partial charge on any atom is -0.466 e. The first-order valence-electron chi connectivity index (χ1n) is 12.5. The topological polar surface area (TPSA) is 138 Å². The summed E-state index contributed by atoms with van der Waals surface area (Å²) in [7, 11) is 1.24. The third-order valence-corrected chi connectivity index (χ3v) is 6.40. The summed E-state index contributed by atoms with van der Waals surface area (Å²) in [5.74, 6) is -2.22. The Morgan fingerprint density at radius 3 is 2.50 bits per heavy atom. The van der Waals surface area contributed by atoms with Gasteiger partial charge in [-0.3, -0.25) is 15.1 Å². The van der Waals surface area contributed by atoms with Crippen LogP contribution < -0.4 is 5.32 Å². The molecule has 11 heteroatoms. The number of ether oxygens (including phenoxy) is 2. The van der Waals surface area contributed by atoms with Gasteiger partial charge in [-0.2, -0.15) is 0 Å². The first-order chi connectivity index (χ1) is 19.3. The summed E-state index contributed by atoms with van der Waals surface area (Å²) in [6.07, 6.45) is 7.10. The van der Waals surface area contributed by atoms with E-state index in [9.17, 15) is 19.7 Å². The summed E-state index contributed by atoms with van der Waals surface area (Å²) in [5.41, 5.74) is 3.58. The minimum atomic E-state index is -0.912. The van der Waals surface area contributed by atoms with E-state index in [1.165, 1.54) is 25.3 Å². The monoisotopic (exact) mass is 543 g/mol. The molecular weight excluding hydrogens is 514 g/mol. The number of rotatable bonds is 10. The molecule has 1 N–H and O–H groups in total. The van der Waals surface area contributed by atoms with Gasteiger partial charge in [-0.05, 0) is 30.5 Å². The van der Waals surface area contributed by atoms with E-state index < -0.39 is 22.8 Å². The Morgan fingerprint density at radius 2 is 1.85 bits per heavy atom. The van der Waals surface area contributed by atoms with E-state index >= 15 is 0 Å². The zero-order valence-electron chi connectivity index (χ0n) is 22.4. The molecule has 0 bridgehead atoms. The number of carbonyl (C=O) groups is 2. The van der Waals surface area contributed by atoms with Crippen LogP contribution in [0.3, 0.4) is 0 Å². The van der Waals surface area contributed by atoms with Gasteiger partial charge in [0.25, 0.3) is 5.69 Å². The molecule has 11 nitrogen and oxygen atoms in total. The minimum absolute atomic E-state index is 0.00272. The molecule has 1 aliphatic heterocycles. The molecule has 2 aromatic carbocycles. The van der Waals surface area contributed by atoms with E-state index in [1.807, 2.05) is 35.0 Å². The van der Waals surface area contributed by atoms with Gasteiger partial charge >= 0.3 is 11.9 Å². The molecule has 0 saturated heterocycles. The number of nitrogens with one attached hydrogen (secondary N) is 1. The molecule has 0 amide bonds. The average molecular weight is 544 g/mol.